The van der Waals surface area contributed by atoms with E-state index in [4.69, 9.17) is 4.74 Å². The van der Waals surface area contributed by atoms with Gasteiger partial charge in [0.15, 0.2) is 0 Å². The molecular weight excluding hydrogens is 456 g/mol. The number of hydrogen-bond donors (Lipinski definition) is 2. The van der Waals surface area contributed by atoms with Crippen molar-refractivity contribution in [1.82, 2.24) is 14.7 Å². The number of amides is 2. The lowest BCUT2D eigenvalue weighted by atomic mass is 10.00. The number of nitrogens with zero attached hydrogens (tertiary/aromatic N) is 3. The Morgan fingerprint density at radius 3 is 2.64 bits per heavy atom. The van der Waals surface area contributed by atoms with Crippen molar-refractivity contribution in [3.63, 3.8) is 0 Å². The molecule has 5 rings (SSSR count). The number of carbonyl (C=O) groups is 2. The van der Waals surface area contributed by atoms with Gasteiger partial charge in [0.2, 0.25) is 5.91 Å². The lowest BCUT2D eigenvalue weighted by Gasteiger charge is -2.32. The molecular formula is C28H36N4O4. The van der Waals surface area contributed by atoms with E-state index >= 15 is 0 Å². The zero-order chi connectivity index (χ0) is 25.1. The lowest BCUT2D eigenvalue weighted by Crippen LogP contribution is -2.44. The molecule has 8 heteroatoms. The number of ether oxygens (including phenoxy) is 1. The van der Waals surface area contributed by atoms with Crippen molar-refractivity contribution in [1.29, 1.82) is 0 Å². The molecule has 2 N–H and O–H groups in total. The molecule has 0 spiro atoms. The van der Waals surface area contributed by atoms with Gasteiger partial charge in [0.1, 0.15) is 12.4 Å². The molecule has 0 bridgehead atoms. The van der Waals surface area contributed by atoms with Crippen LogP contribution in [0.5, 0.6) is 5.75 Å². The fourth-order valence-corrected chi connectivity index (χ4v) is 5.51. The van der Waals surface area contributed by atoms with E-state index in [1.807, 2.05) is 23.1 Å². The third-order valence-electron chi connectivity index (χ3n) is 7.54. The first-order chi connectivity index (χ1) is 17.5. The van der Waals surface area contributed by atoms with Crippen LogP contribution in [0.3, 0.4) is 0 Å². The summed E-state index contributed by atoms with van der Waals surface area (Å²) in [4.78, 5) is 30.7. The van der Waals surface area contributed by atoms with Crippen LogP contribution in [0.2, 0.25) is 0 Å². The van der Waals surface area contributed by atoms with Gasteiger partial charge in [0.05, 0.1) is 18.2 Å². The summed E-state index contributed by atoms with van der Waals surface area (Å²) in [7, 11) is 0. The normalized spacial score (nSPS) is 19.7. The number of aliphatic hydroxyl groups is 1. The maximum absolute atomic E-state index is 13.3. The van der Waals surface area contributed by atoms with Crippen LogP contribution in [0.15, 0.2) is 42.5 Å². The molecule has 0 aliphatic carbocycles. The maximum Gasteiger partial charge on any atom is 0.257 e. The molecule has 0 aromatic heterocycles. The van der Waals surface area contributed by atoms with E-state index in [1.54, 1.807) is 11.8 Å². The van der Waals surface area contributed by atoms with Crippen molar-refractivity contribution in [2.75, 3.05) is 51.2 Å². The van der Waals surface area contributed by atoms with Crippen LogP contribution in [0.25, 0.3) is 0 Å². The Labute approximate surface area is 212 Å². The van der Waals surface area contributed by atoms with Crippen LogP contribution in [0.4, 0.5) is 5.69 Å². The van der Waals surface area contributed by atoms with Crippen LogP contribution >= 0.6 is 0 Å². The number of hydrogen-bond acceptors (Lipinski definition) is 6. The monoisotopic (exact) mass is 492 g/mol. The molecule has 1 fully saturated rings. The molecule has 192 valence electrons. The molecule has 8 nitrogen and oxygen atoms in total. The second kappa shape index (κ2) is 10.9. The summed E-state index contributed by atoms with van der Waals surface area (Å²) in [6.45, 7) is 6.54. The first-order valence-corrected chi connectivity index (χ1v) is 13.0. The van der Waals surface area contributed by atoms with Crippen molar-refractivity contribution in [3.8, 4) is 5.75 Å². The molecule has 2 amide bonds. The first kappa shape index (κ1) is 24.6. The van der Waals surface area contributed by atoms with E-state index in [2.05, 4.69) is 34.5 Å². The summed E-state index contributed by atoms with van der Waals surface area (Å²) < 4.78 is 5.95. The lowest BCUT2D eigenvalue weighted by molar-refractivity contribution is -0.129. The van der Waals surface area contributed by atoms with Crippen LogP contribution in [0, 0.1) is 0 Å². The molecule has 3 aliphatic heterocycles. The maximum atomic E-state index is 13.3. The summed E-state index contributed by atoms with van der Waals surface area (Å²) in [6.07, 6.45) is 2.15. The van der Waals surface area contributed by atoms with Crippen molar-refractivity contribution in [2.24, 2.45) is 0 Å². The second-order valence-corrected chi connectivity index (χ2v) is 10.1. The molecule has 0 unspecified atom stereocenters. The predicted octanol–water partition coefficient (Wildman–Crippen LogP) is 2.36. The number of fused-ring (bicyclic) bond motifs is 2. The Bertz CT molecular complexity index is 1100. The molecule has 36 heavy (non-hydrogen) atoms. The van der Waals surface area contributed by atoms with Gasteiger partial charge in [-0.25, -0.2) is 0 Å². The number of nitrogens with one attached hydrogen (secondary N) is 1. The van der Waals surface area contributed by atoms with Crippen LogP contribution in [-0.4, -0.2) is 89.6 Å². The van der Waals surface area contributed by atoms with E-state index in [1.165, 1.54) is 11.1 Å². The summed E-state index contributed by atoms with van der Waals surface area (Å²) in [5.74, 6) is 0.601. The minimum Gasteiger partial charge on any atom is -0.491 e. The third-order valence-corrected chi connectivity index (χ3v) is 7.54. The molecule has 2 aromatic carbocycles. The van der Waals surface area contributed by atoms with E-state index in [9.17, 15) is 14.7 Å². The Hall–Kier alpha value is -3.10. The standard InChI is InChI=1S/C28H36N4O4/c1-20(33)31-12-9-23(10-13-31)29-24-6-7-26-27(16-24)36-15-14-32(28(26)35)19-25(34)18-30-11-8-21-4-2-3-5-22(21)17-30/h2-7,16,23,25,29,34H,8-15,17-19H2,1H3/t25-/m1/s1. The number of anilines is 1. The number of benzene rings is 2. The van der Waals surface area contributed by atoms with Gasteiger partial charge < -0.3 is 25.0 Å². The summed E-state index contributed by atoms with van der Waals surface area (Å²) in [5, 5.41) is 14.4. The van der Waals surface area contributed by atoms with E-state index in [0.717, 1.165) is 51.1 Å². The number of piperidine rings is 1. The van der Waals surface area contributed by atoms with Crippen LogP contribution < -0.4 is 10.1 Å². The van der Waals surface area contributed by atoms with E-state index < -0.39 is 6.10 Å². The number of likely N-dealkylation sites (tertiary alicyclic amines) is 1. The van der Waals surface area contributed by atoms with Crippen LogP contribution in [-0.2, 0) is 17.8 Å². The van der Waals surface area contributed by atoms with Gasteiger partial charge in [0.25, 0.3) is 5.91 Å². The van der Waals surface area contributed by atoms with Crippen molar-refractivity contribution < 1.29 is 19.4 Å². The van der Waals surface area contributed by atoms with Gasteiger partial charge in [-0.3, -0.25) is 14.5 Å². The summed E-state index contributed by atoms with van der Waals surface area (Å²) in [5.41, 5.74) is 4.15. The van der Waals surface area contributed by atoms with Gasteiger partial charge in [0, 0.05) is 64.0 Å². The van der Waals surface area contributed by atoms with Gasteiger partial charge in [-0.1, -0.05) is 24.3 Å². The Morgan fingerprint density at radius 1 is 1.08 bits per heavy atom. The first-order valence-electron chi connectivity index (χ1n) is 13.0. The molecule has 2 aromatic rings. The zero-order valence-corrected chi connectivity index (χ0v) is 21.0. The predicted molar refractivity (Wildman–Crippen MR) is 138 cm³/mol. The van der Waals surface area contributed by atoms with Gasteiger partial charge in [-0.15, -0.1) is 0 Å². The minimum atomic E-state index is -0.623. The van der Waals surface area contributed by atoms with Crippen molar-refractivity contribution in [3.05, 3.63) is 59.2 Å². The van der Waals surface area contributed by atoms with E-state index in [-0.39, 0.29) is 24.4 Å². The number of β-amino-alcohol motifs (C(OH)–C–C–N with tert-alkyl or cyclic N) is 1. The Balaban J connectivity index is 1.17. The van der Waals surface area contributed by atoms with Crippen molar-refractivity contribution >= 4 is 17.5 Å². The zero-order valence-electron chi connectivity index (χ0n) is 21.0. The summed E-state index contributed by atoms with van der Waals surface area (Å²) >= 11 is 0. The molecule has 0 saturated carbocycles. The molecule has 1 saturated heterocycles. The quantitative estimate of drug-likeness (QED) is 0.644. The molecule has 1 atom stereocenters. The Kier molecular flexibility index (Phi) is 7.43. The third kappa shape index (κ3) is 5.65. The topological polar surface area (TPSA) is 85.3 Å². The highest BCUT2D eigenvalue weighted by molar-refractivity contribution is 5.97. The largest absolute Gasteiger partial charge is 0.491 e. The average Bonchev–Trinajstić information content (AvgIpc) is 3.02. The SMILES string of the molecule is CC(=O)N1CCC(Nc2ccc3c(c2)OCCN(C[C@H](O)CN2CCc4ccccc4C2)C3=O)CC1. The van der Waals surface area contributed by atoms with Crippen molar-refractivity contribution in [2.45, 2.75) is 44.9 Å². The molecule has 0 radical (unpaired) electrons. The van der Waals surface area contributed by atoms with Gasteiger partial charge in [-0.2, -0.15) is 0 Å². The fraction of sp³-hybridized carbons (Fsp3) is 0.500. The number of aliphatic hydroxyl groups excluding tert-OH is 1. The molecule has 3 aliphatic rings. The van der Waals surface area contributed by atoms with Gasteiger partial charge in [-0.05, 0) is 42.5 Å². The van der Waals surface area contributed by atoms with Gasteiger partial charge >= 0.3 is 0 Å². The Morgan fingerprint density at radius 2 is 1.86 bits per heavy atom. The number of carbonyl (C=O) groups excluding carboxylic acids is 2. The number of rotatable bonds is 6. The fourth-order valence-electron chi connectivity index (χ4n) is 5.51. The highest BCUT2D eigenvalue weighted by Gasteiger charge is 2.27. The average molecular weight is 493 g/mol. The highest BCUT2D eigenvalue weighted by atomic mass is 16.5. The molecule has 3 heterocycles. The minimum absolute atomic E-state index is 0.105. The summed E-state index contributed by atoms with van der Waals surface area (Å²) in [6, 6.07) is 14.4. The smallest absolute Gasteiger partial charge is 0.257 e. The second-order valence-electron chi connectivity index (χ2n) is 10.1. The van der Waals surface area contributed by atoms with Crippen LogP contribution in [0.1, 0.15) is 41.3 Å². The van der Waals surface area contributed by atoms with E-state index in [0.29, 0.717) is 31.0 Å². The highest BCUT2D eigenvalue weighted by Crippen LogP contribution is 2.28.